The predicted octanol–water partition coefficient (Wildman–Crippen LogP) is 3.23. The van der Waals surface area contributed by atoms with Crippen LogP contribution < -0.4 is 19.7 Å². The molecule has 0 aliphatic carbocycles. The van der Waals surface area contributed by atoms with E-state index in [9.17, 15) is 14.4 Å². The fraction of sp³-hybridized carbons (Fsp3) is 0.400. The first-order valence-corrected chi connectivity index (χ1v) is 11.1. The monoisotopic (exact) mass is 451 g/mol. The van der Waals surface area contributed by atoms with Crippen molar-refractivity contribution >= 4 is 23.5 Å². The minimum absolute atomic E-state index is 0.0756. The van der Waals surface area contributed by atoms with Crippen LogP contribution in [0.3, 0.4) is 0 Å². The van der Waals surface area contributed by atoms with Crippen LogP contribution in [0.15, 0.2) is 36.4 Å². The lowest BCUT2D eigenvalue weighted by Gasteiger charge is -2.30. The van der Waals surface area contributed by atoms with E-state index in [2.05, 4.69) is 19.2 Å². The second-order valence-corrected chi connectivity index (χ2v) is 8.67. The Kier molecular flexibility index (Phi) is 6.26. The van der Waals surface area contributed by atoms with Crippen molar-refractivity contribution in [1.82, 2.24) is 10.2 Å². The SMILES string of the molecule is COc1cc2c(cc1OC)CN(C(=O)C[C@@H]1NC(=O)N(c3ccc(C(C)C)cc3)C1=O)CC2. The predicted molar refractivity (Wildman–Crippen MR) is 124 cm³/mol. The summed E-state index contributed by atoms with van der Waals surface area (Å²) in [6, 6.07) is 9.80. The summed E-state index contributed by atoms with van der Waals surface area (Å²) in [4.78, 5) is 41.3. The van der Waals surface area contributed by atoms with Crippen molar-refractivity contribution < 1.29 is 23.9 Å². The summed E-state index contributed by atoms with van der Waals surface area (Å²) in [5.41, 5.74) is 3.72. The molecule has 2 aliphatic rings. The van der Waals surface area contributed by atoms with Gasteiger partial charge in [0, 0.05) is 13.1 Å². The van der Waals surface area contributed by atoms with Crippen LogP contribution in [0.5, 0.6) is 11.5 Å². The highest BCUT2D eigenvalue weighted by molar-refractivity contribution is 6.22. The van der Waals surface area contributed by atoms with Crippen molar-refractivity contribution in [1.29, 1.82) is 0 Å². The molecular weight excluding hydrogens is 422 g/mol. The lowest BCUT2D eigenvalue weighted by molar-refractivity contribution is -0.134. The molecule has 2 aromatic rings. The minimum atomic E-state index is -0.874. The van der Waals surface area contributed by atoms with Gasteiger partial charge in [0.05, 0.1) is 26.3 Å². The van der Waals surface area contributed by atoms with Crippen molar-refractivity contribution in [2.45, 2.75) is 45.2 Å². The standard InChI is InChI=1S/C25H29N3O5/c1-15(2)16-5-7-19(8-6-16)28-24(30)20(26-25(28)31)13-23(29)27-10-9-17-11-21(32-3)22(33-4)12-18(17)14-27/h5-8,11-12,15,20H,9-10,13-14H2,1-4H3,(H,26,31)/t20-/m0/s1. The minimum Gasteiger partial charge on any atom is -0.493 e. The molecule has 0 spiro atoms. The smallest absolute Gasteiger partial charge is 0.329 e. The third-order valence-electron chi connectivity index (χ3n) is 6.29. The number of hydrogen-bond donors (Lipinski definition) is 1. The van der Waals surface area contributed by atoms with E-state index in [0.717, 1.165) is 21.6 Å². The number of nitrogens with one attached hydrogen (secondary N) is 1. The van der Waals surface area contributed by atoms with Crippen molar-refractivity contribution in [2.75, 3.05) is 25.7 Å². The number of imide groups is 1. The molecule has 1 saturated heterocycles. The zero-order valence-corrected chi connectivity index (χ0v) is 19.4. The maximum absolute atomic E-state index is 13.0. The maximum Gasteiger partial charge on any atom is 0.329 e. The number of carbonyl (C=O) groups is 3. The lowest BCUT2D eigenvalue weighted by atomic mass is 9.98. The summed E-state index contributed by atoms with van der Waals surface area (Å²) in [6.45, 7) is 5.12. The van der Waals surface area contributed by atoms with Crippen LogP contribution in [0.25, 0.3) is 0 Å². The number of fused-ring (bicyclic) bond motifs is 1. The Balaban J connectivity index is 1.44. The van der Waals surface area contributed by atoms with Gasteiger partial charge in [0.15, 0.2) is 11.5 Å². The molecule has 0 aromatic heterocycles. The molecule has 8 heteroatoms. The van der Waals surface area contributed by atoms with E-state index in [1.165, 1.54) is 0 Å². The highest BCUT2D eigenvalue weighted by atomic mass is 16.5. The summed E-state index contributed by atoms with van der Waals surface area (Å²) < 4.78 is 10.7. The Morgan fingerprint density at radius 3 is 2.30 bits per heavy atom. The number of anilines is 1. The molecule has 4 amide bonds. The molecular formula is C25H29N3O5. The van der Waals surface area contributed by atoms with E-state index in [4.69, 9.17) is 9.47 Å². The molecule has 0 unspecified atom stereocenters. The number of carbonyl (C=O) groups excluding carboxylic acids is 3. The zero-order chi connectivity index (χ0) is 23.7. The molecule has 33 heavy (non-hydrogen) atoms. The highest BCUT2D eigenvalue weighted by Crippen LogP contribution is 2.33. The maximum atomic E-state index is 13.0. The molecule has 174 valence electrons. The number of urea groups is 1. The van der Waals surface area contributed by atoms with Gasteiger partial charge in [0.25, 0.3) is 5.91 Å². The van der Waals surface area contributed by atoms with Crippen LogP contribution in [-0.2, 0) is 22.6 Å². The van der Waals surface area contributed by atoms with Gasteiger partial charge in [-0.25, -0.2) is 9.69 Å². The Bertz CT molecular complexity index is 1080. The van der Waals surface area contributed by atoms with E-state index >= 15 is 0 Å². The topological polar surface area (TPSA) is 88.2 Å². The van der Waals surface area contributed by atoms with Crippen LogP contribution in [0.4, 0.5) is 10.5 Å². The summed E-state index contributed by atoms with van der Waals surface area (Å²) >= 11 is 0. The largest absolute Gasteiger partial charge is 0.493 e. The molecule has 4 rings (SSSR count). The molecule has 1 fully saturated rings. The highest BCUT2D eigenvalue weighted by Gasteiger charge is 2.41. The first-order valence-electron chi connectivity index (χ1n) is 11.1. The lowest BCUT2D eigenvalue weighted by Crippen LogP contribution is -2.41. The number of ether oxygens (including phenoxy) is 2. The van der Waals surface area contributed by atoms with Gasteiger partial charge in [-0.05, 0) is 53.3 Å². The van der Waals surface area contributed by atoms with E-state index in [-0.39, 0.29) is 12.3 Å². The molecule has 1 N–H and O–H groups in total. The Hall–Kier alpha value is -3.55. The second kappa shape index (κ2) is 9.13. The molecule has 2 aromatic carbocycles. The molecule has 0 radical (unpaired) electrons. The number of benzene rings is 2. The van der Waals surface area contributed by atoms with Crippen LogP contribution in [0.1, 0.15) is 42.9 Å². The van der Waals surface area contributed by atoms with Crippen molar-refractivity contribution in [2.24, 2.45) is 0 Å². The molecule has 1 atom stereocenters. The molecule has 8 nitrogen and oxygen atoms in total. The first kappa shape index (κ1) is 22.6. The first-order chi connectivity index (χ1) is 15.8. The normalized spacial score (nSPS) is 17.8. The van der Waals surface area contributed by atoms with Crippen LogP contribution >= 0.6 is 0 Å². The van der Waals surface area contributed by atoms with E-state index < -0.39 is 18.0 Å². The fourth-order valence-corrected chi connectivity index (χ4v) is 4.32. The average Bonchev–Trinajstić information content (AvgIpc) is 3.10. The van der Waals surface area contributed by atoms with Crippen molar-refractivity contribution in [3.63, 3.8) is 0 Å². The van der Waals surface area contributed by atoms with Crippen LogP contribution in [-0.4, -0.2) is 49.6 Å². The van der Waals surface area contributed by atoms with E-state index in [0.29, 0.717) is 42.6 Å². The second-order valence-electron chi connectivity index (χ2n) is 8.67. The number of nitrogens with zero attached hydrogens (tertiary/aromatic N) is 2. The Morgan fingerprint density at radius 1 is 1.06 bits per heavy atom. The fourth-order valence-electron chi connectivity index (χ4n) is 4.32. The quantitative estimate of drug-likeness (QED) is 0.682. The molecule has 2 heterocycles. The molecule has 0 saturated carbocycles. The van der Waals surface area contributed by atoms with Gasteiger partial charge >= 0.3 is 6.03 Å². The zero-order valence-electron chi connectivity index (χ0n) is 19.4. The average molecular weight is 452 g/mol. The summed E-state index contributed by atoms with van der Waals surface area (Å²) in [5.74, 6) is 1.04. The Labute approximate surface area is 193 Å². The number of amides is 4. The summed E-state index contributed by atoms with van der Waals surface area (Å²) in [5, 5.41) is 2.67. The van der Waals surface area contributed by atoms with Gasteiger partial charge in [-0.15, -0.1) is 0 Å². The van der Waals surface area contributed by atoms with E-state index in [1.54, 1.807) is 31.3 Å². The van der Waals surface area contributed by atoms with Gasteiger partial charge in [0.2, 0.25) is 5.91 Å². The van der Waals surface area contributed by atoms with Gasteiger partial charge in [0.1, 0.15) is 6.04 Å². The van der Waals surface area contributed by atoms with Gasteiger partial charge in [-0.1, -0.05) is 26.0 Å². The van der Waals surface area contributed by atoms with Crippen LogP contribution in [0, 0.1) is 0 Å². The van der Waals surface area contributed by atoms with Crippen LogP contribution in [0.2, 0.25) is 0 Å². The third kappa shape index (κ3) is 4.37. The van der Waals surface area contributed by atoms with Crippen molar-refractivity contribution in [3.8, 4) is 11.5 Å². The number of rotatable bonds is 6. The summed E-state index contributed by atoms with van der Waals surface area (Å²) in [7, 11) is 3.17. The molecule has 2 aliphatic heterocycles. The van der Waals surface area contributed by atoms with Gasteiger partial charge < -0.3 is 19.7 Å². The Morgan fingerprint density at radius 2 is 1.70 bits per heavy atom. The molecule has 0 bridgehead atoms. The van der Waals surface area contributed by atoms with Crippen molar-refractivity contribution in [3.05, 3.63) is 53.1 Å². The number of methoxy groups -OCH3 is 2. The van der Waals surface area contributed by atoms with E-state index in [1.807, 2.05) is 24.3 Å². The number of hydrogen-bond acceptors (Lipinski definition) is 5. The third-order valence-corrected chi connectivity index (χ3v) is 6.29. The van der Waals surface area contributed by atoms with Gasteiger partial charge in [-0.2, -0.15) is 0 Å². The van der Waals surface area contributed by atoms with Gasteiger partial charge in [-0.3, -0.25) is 9.59 Å². The summed E-state index contributed by atoms with van der Waals surface area (Å²) in [6.07, 6.45) is 0.606.